The maximum atomic E-state index is 12.6. The van der Waals surface area contributed by atoms with Crippen LogP contribution in [0.3, 0.4) is 0 Å². The first kappa shape index (κ1) is 22.1. The number of nitrogens with zero attached hydrogens (tertiary/aromatic N) is 1. The van der Waals surface area contributed by atoms with Crippen LogP contribution in [0.1, 0.15) is 12.5 Å². The average Bonchev–Trinajstić information content (AvgIpc) is 3.20. The zero-order chi connectivity index (χ0) is 23.2. The lowest BCUT2D eigenvalue weighted by molar-refractivity contribution is -0.122. The quantitative estimate of drug-likeness (QED) is 0.366. The number of anilines is 1. The number of H-pyrrole nitrogens is 1. The van der Waals surface area contributed by atoms with Gasteiger partial charge in [0.05, 0.1) is 5.52 Å². The Bertz CT molecular complexity index is 1230. The molecule has 1 atom stereocenters. The summed E-state index contributed by atoms with van der Waals surface area (Å²) in [6, 6.07) is 20.6. The minimum atomic E-state index is -2.92. The highest BCUT2D eigenvalue weighted by Crippen LogP contribution is 2.27. The number of aromatic amines is 1. The van der Waals surface area contributed by atoms with Crippen LogP contribution in [0.15, 0.2) is 72.8 Å². The van der Waals surface area contributed by atoms with Crippen molar-refractivity contribution in [2.75, 3.05) is 5.32 Å². The van der Waals surface area contributed by atoms with Crippen LogP contribution in [0.4, 0.5) is 14.6 Å². The molecule has 3 aromatic carbocycles. The SMILES string of the molecule is CC(Oc1ccccc1)C(=O)Nc1n[nH]c2ccc(OCc3ccccc3OC(F)F)cc12. The van der Waals surface area contributed by atoms with Gasteiger partial charge in [0.1, 0.15) is 23.9 Å². The van der Waals surface area contributed by atoms with Crippen molar-refractivity contribution in [2.45, 2.75) is 26.2 Å². The number of para-hydroxylation sites is 2. The number of ether oxygens (including phenoxy) is 3. The summed E-state index contributed by atoms with van der Waals surface area (Å²) >= 11 is 0. The van der Waals surface area contributed by atoms with Gasteiger partial charge in [0.2, 0.25) is 0 Å². The van der Waals surface area contributed by atoms with Crippen LogP contribution in [-0.2, 0) is 11.4 Å². The monoisotopic (exact) mass is 453 g/mol. The normalized spacial score (nSPS) is 11.9. The van der Waals surface area contributed by atoms with Crippen molar-refractivity contribution in [3.63, 3.8) is 0 Å². The number of fused-ring (bicyclic) bond motifs is 1. The second kappa shape index (κ2) is 9.99. The van der Waals surface area contributed by atoms with Crippen LogP contribution in [-0.4, -0.2) is 28.8 Å². The number of hydrogen-bond acceptors (Lipinski definition) is 5. The second-order valence-electron chi connectivity index (χ2n) is 7.12. The molecule has 2 N–H and O–H groups in total. The molecule has 170 valence electrons. The van der Waals surface area contributed by atoms with Crippen molar-refractivity contribution in [3.8, 4) is 17.2 Å². The Morgan fingerprint density at radius 1 is 1.00 bits per heavy atom. The van der Waals surface area contributed by atoms with Gasteiger partial charge in [-0.3, -0.25) is 9.89 Å². The zero-order valence-electron chi connectivity index (χ0n) is 17.6. The summed E-state index contributed by atoms with van der Waals surface area (Å²) in [6.07, 6.45) is -0.745. The molecule has 0 aliphatic heterocycles. The predicted molar refractivity (Wildman–Crippen MR) is 119 cm³/mol. The van der Waals surface area contributed by atoms with Crippen molar-refractivity contribution in [3.05, 3.63) is 78.4 Å². The second-order valence-corrected chi connectivity index (χ2v) is 7.12. The lowest BCUT2D eigenvalue weighted by atomic mass is 10.2. The molecule has 1 aromatic heterocycles. The molecule has 4 rings (SSSR count). The molecule has 1 amide bonds. The van der Waals surface area contributed by atoms with Gasteiger partial charge in [-0.25, -0.2) is 0 Å². The summed E-state index contributed by atoms with van der Waals surface area (Å²) in [7, 11) is 0. The van der Waals surface area contributed by atoms with Gasteiger partial charge in [-0.15, -0.1) is 0 Å². The highest BCUT2D eigenvalue weighted by atomic mass is 19.3. The topological polar surface area (TPSA) is 85.5 Å². The highest BCUT2D eigenvalue weighted by Gasteiger charge is 2.18. The molecule has 0 spiro atoms. The maximum absolute atomic E-state index is 12.6. The minimum absolute atomic E-state index is 0.0237. The van der Waals surface area contributed by atoms with E-state index in [1.54, 1.807) is 55.5 Å². The number of carbonyl (C=O) groups is 1. The van der Waals surface area contributed by atoms with E-state index in [1.165, 1.54) is 6.07 Å². The van der Waals surface area contributed by atoms with Gasteiger partial charge < -0.3 is 19.5 Å². The van der Waals surface area contributed by atoms with Gasteiger partial charge in [0, 0.05) is 10.9 Å². The molecule has 0 radical (unpaired) electrons. The smallest absolute Gasteiger partial charge is 0.387 e. The number of aromatic nitrogens is 2. The molecule has 0 bridgehead atoms. The highest BCUT2D eigenvalue weighted by molar-refractivity contribution is 6.01. The third-order valence-corrected chi connectivity index (χ3v) is 4.78. The number of carbonyl (C=O) groups excluding carboxylic acids is 1. The van der Waals surface area contributed by atoms with Crippen molar-refractivity contribution in [1.29, 1.82) is 0 Å². The summed E-state index contributed by atoms with van der Waals surface area (Å²) in [5, 5.41) is 10.4. The number of benzene rings is 3. The minimum Gasteiger partial charge on any atom is -0.489 e. The fourth-order valence-corrected chi connectivity index (χ4v) is 3.15. The fraction of sp³-hybridized carbons (Fsp3) is 0.167. The van der Waals surface area contributed by atoms with E-state index in [0.717, 1.165) is 0 Å². The summed E-state index contributed by atoms with van der Waals surface area (Å²) in [4.78, 5) is 12.6. The summed E-state index contributed by atoms with van der Waals surface area (Å²) in [5.41, 5.74) is 1.17. The third-order valence-electron chi connectivity index (χ3n) is 4.78. The molecule has 0 saturated heterocycles. The van der Waals surface area contributed by atoms with Gasteiger partial charge in [0.15, 0.2) is 11.9 Å². The van der Waals surface area contributed by atoms with Gasteiger partial charge in [-0.05, 0) is 43.3 Å². The number of nitrogens with one attached hydrogen (secondary N) is 2. The standard InChI is InChI=1S/C24H21F2N3O4/c1-15(32-17-8-3-2-4-9-17)23(30)27-22-19-13-18(11-12-20(19)28-29-22)31-14-16-7-5-6-10-21(16)33-24(25)26/h2-13,15,24H,14H2,1H3,(H2,27,28,29,30). The molecule has 0 saturated carbocycles. The first-order chi connectivity index (χ1) is 16.0. The number of rotatable bonds is 9. The van der Waals surface area contributed by atoms with Crippen molar-refractivity contribution in [2.24, 2.45) is 0 Å². The molecule has 9 heteroatoms. The van der Waals surface area contributed by atoms with E-state index >= 15 is 0 Å². The predicted octanol–water partition coefficient (Wildman–Crippen LogP) is 5.15. The Hall–Kier alpha value is -4.14. The lowest BCUT2D eigenvalue weighted by Crippen LogP contribution is -2.30. The molecule has 33 heavy (non-hydrogen) atoms. The van der Waals surface area contributed by atoms with Crippen LogP contribution < -0.4 is 19.5 Å². The third kappa shape index (κ3) is 5.57. The van der Waals surface area contributed by atoms with E-state index in [4.69, 9.17) is 9.47 Å². The Balaban J connectivity index is 1.45. The molecular weight excluding hydrogens is 432 g/mol. The van der Waals surface area contributed by atoms with Gasteiger partial charge in [-0.1, -0.05) is 36.4 Å². The van der Waals surface area contributed by atoms with Crippen molar-refractivity contribution < 1.29 is 27.8 Å². The van der Waals surface area contributed by atoms with Crippen molar-refractivity contribution >= 4 is 22.6 Å². The Labute approximate surface area is 188 Å². The molecular formula is C24H21F2N3O4. The van der Waals surface area contributed by atoms with Gasteiger partial charge in [-0.2, -0.15) is 13.9 Å². The average molecular weight is 453 g/mol. The zero-order valence-corrected chi connectivity index (χ0v) is 17.6. The number of halogens is 2. The Morgan fingerprint density at radius 3 is 2.55 bits per heavy atom. The molecule has 1 unspecified atom stereocenters. The van der Waals surface area contributed by atoms with Crippen LogP contribution in [0.5, 0.6) is 17.2 Å². The lowest BCUT2D eigenvalue weighted by Gasteiger charge is -2.14. The molecule has 0 aliphatic rings. The van der Waals surface area contributed by atoms with E-state index < -0.39 is 12.7 Å². The van der Waals surface area contributed by atoms with Crippen LogP contribution in [0.25, 0.3) is 10.9 Å². The van der Waals surface area contributed by atoms with Crippen LogP contribution in [0, 0.1) is 0 Å². The van der Waals surface area contributed by atoms with Crippen LogP contribution in [0.2, 0.25) is 0 Å². The number of amides is 1. The molecule has 0 aliphatic carbocycles. The Morgan fingerprint density at radius 2 is 1.76 bits per heavy atom. The first-order valence-electron chi connectivity index (χ1n) is 10.2. The van der Waals surface area contributed by atoms with Gasteiger partial charge in [0.25, 0.3) is 5.91 Å². The van der Waals surface area contributed by atoms with E-state index in [2.05, 4.69) is 20.3 Å². The number of hydrogen-bond donors (Lipinski definition) is 2. The number of alkyl halides is 2. The van der Waals surface area contributed by atoms with E-state index in [9.17, 15) is 13.6 Å². The first-order valence-corrected chi connectivity index (χ1v) is 10.2. The van der Waals surface area contributed by atoms with Crippen LogP contribution >= 0.6 is 0 Å². The summed E-state index contributed by atoms with van der Waals surface area (Å²) < 4.78 is 41.2. The molecule has 4 aromatic rings. The fourth-order valence-electron chi connectivity index (χ4n) is 3.15. The summed E-state index contributed by atoms with van der Waals surface area (Å²) in [6.45, 7) is -1.26. The van der Waals surface area contributed by atoms with E-state index in [0.29, 0.717) is 33.8 Å². The molecule has 7 nitrogen and oxygen atoms in total. The maximum Gasteiger partial charge on any atom is 0.387 e. The molecule has 0 fully saturated rings. The van der Waals surface area contributed by atoms with Crippen molar-refractivity contribution in [1.82, 2.24) is 10.2 Å². The largest absolute Gasteiger partial charge is 0.489 e. The van der Waals surface area contributed by atoms with Gasteiger partial charge >= 0.3 is 6.61 Å². The van der Waals surface area contributed by atoms with E-state index in [1.807, 2.05) is 18.2 Å². The van der Waals surface area contributed by atoms with E-state index in [-0.39, 0.29) is 18.3 Å². The molecule has 1 heterocycles. The Kier molecular flexibility index (Phi) is 6.68. The summed E-state index contributed by atoms with van der Waals surface area (Å²) in [5.74, 6) is 1.07.